The van der Waals surface area contributed by atoms with E-state index in [2.05, 4.69) is 0 Å². The van der Waals surface area contributed by atoms with Crippen molar-refractivity contribution in [1.29, 1.82) is 0 Å². The molecule has 1 aromatic carbocycles. The lowest BCUT2D eigenvalue weighted by atomic mass is 10.00. The highest BCUT2D eigenvalue weighted by molar-refractivity contribution is 6.35. The second-order valence-electron chi connectivity index (χ2n) is 5.52. The Hall–Kier alpha value is -0.480. The summed E-state index contributed by atoms with van der Waals surface area (Å²) in [6.07, 6.45) is 1.65. The summed E-state index contributed by atoms with van der Waals surface area (Å²) in [6, 6.07) is 5.41. The number of carbonyl (C=O) groups excluding carboxylic acids is 1. The summed E-state index contributed by atoms with van der Waals surface area (Å²) < 4.78 is 0. The van der Waals surface area contributed by atoms with E-state index in [1.54, 1.807) is 12.1 Å². The number of amides is 1. The number of hydrogen-bond donors (Lipinski definition) is 1. The maximum Gasteiger partial charge on any atom is 0.225 e. The fourth-order valence-electron chi connectivity index (χ4n) is 2.64. The zero-order chi connectivity index (χ0) is 14.7. The van der Waals surface area contributed by atoms with Crippen molar-refractivity contribution >= 4 is 41.5 Å². The first-order valence-electron chi connectivity index (χ1n) is 6.94. The Bertz CT molecular complexity index is 496. The number of nitrogens with two attached hydrogens (primary N) is 1. The van der Waals surface area contributed by atoms with E-state index in [0.29, 0.717) is 28.9 Å². The molecule has 0 spiro atoms. The van der Waals surface area contributed by atoms with Crippen LogP contribution in [-0.2, 0) is 11.2 Å². The number of likely N-dealkylation sites (tertiary alicyclic amines) is 1. The minimum absolute atomic E-state index is 0. The first-order valence-corrected chi connectivity index (χ1v) is 7.69. The second-order valence-corrected chi connectivity index (χ2v) is 6.36. The third-order valence-electron chi connectivity index (χ3n) is 3.89. The predicted octanol–water partition coefficient (Wildman–Crippen LogP) is 3.40. The molecule has 1 aromatic rings. The number of hydrogen-bond acceptors (Lipinski definition) is 2. The lowest BCUT2D eigenvalue weighted by Crippen LogP contribution is -2.34. The van der Waals surface area contributed by atoms with Gasteiger partial charge < -0.3 is 10.6 Å². The van der Waals surface area contributed by atoms with Gasteiger partial charge in [0.1, 0.15) is 0 Å². The van der Waals surface area contributed by atoms with Crippen LogP contribution >= 0.6 is 35.6 Å². The first-order chi connectivity index (χ1) is 9.51. The third kappa shape index (κ3) is 4.75. The highest BCUT2D eigenvalue weighted by atomic mass is 35.5. The van der Waals surface area contributed by atoms with Crippen molar-refractivity contribution in [1.82, 2.24) is 4.90 Å². The van der Waals surface area contributed by atoms with Crippen molar-refractivity contribution in [3.63, 3.8) is 0 Å². The van der Waals surface area contributed by atoms with Gasteiger partial charge in [0.15, 0.2) is 0 Å². The average Bonchev–Trinajstić information content (AvgIpc) is 2.89. The molecule has 2 unspecified atom stereocenters. The maximum absolute atomic E-state index is 12.4. The summed E-state index contributed by atoms with van der Waals surface area (Å²) >= 11 is 12.0. The maximum atomic E-state index is 12.4. The predicted molar refractivity (Wildman–Crippen MR) is 90.3 cm³/mol. The monoisotopic (exact) mass is 350 g/mol. The average molecular weight is 352 g/mol. The van der Waals surface area contributed by atoms with Crippen molar-refractivity contribution < 1.29 is 4.79 Å². The van der Waals surface area contributed by atoms with Gasteiger partial charge in [0.05, 0.1) is 0 Å². The lowest BCUT2D eigenvalue weighted by molar-refractivity contribution is -0.134. The Balaban J connectivity index is 0.00000220. The summed E-state index contributed by atoms with van der Waals surface area (Å²) in [5, 5.41) is 1.24. The van der Waals surface area contributed by atoms with Gasteiger partial charge in [0.2, 0.25) is 5.91 Å². The Kier molecular flexibility index (Phi) is 7.28. The molecule has 1 heterocycles. The smallest absolute Gasteiger partial charge is 0.225 e. The number of benzene rings is 1. The van der Waals surface area contributed by atoms with E-state index in [1.807, 2.05) is 17.9 Å². The largest absolute Gasteiger partial charge is 0.342 e. The normalized spacial score (nSPS) is 19.2. The van der Waals surface area contributed by atoms with E-state index in [0.717, 1.165) is 25.1 Å². The third-order valence-corrected chi connectivity index (χ3v) is 4.48. The molecule has 1 aliphatic heterocycles. The van der Waals surface area contributed by atoms with Crippen LogP contribution in [0.4, 0.5) is 0 Å². The highest BCUT2D eigenvalue weighted by Crippen LogP contribution is 2.25. The Morgan fingerprint density at radius 1 is 1.48 bits per heavy atom. The fourth-order valence-corrected chi connectivity index (χ4v) is 3.13. The van der Waals surface area contributed by atoms with Crippen molar-refractivity contribution in [2.24, 2.45) is 17.6 Å². The summed E-state index contributed by atoms with van der Waals surface area (Å²) in [5.74, 6) is 0.558. The fraction of sp³-hybridized carbons (Fsp3) is 0.533. The lowest BCUT2D eigenvalue weighted by Gasteiger charge is -2.21. The van der Waals surface area contributed by atoms with E-state index >= 15 is 0 Å². The van der Waals surface area contributed by atoms with Gasteiger partial charge in [-0.1, -0.05) is 36.2 Å². The van der Waals surface area contributed by atoms with E-state index in [9.17, 15) is 4.79 Å². The van der Waals surface area contributed by atoms with Gasteiger partial charge in [0.25, 0.3) is 0 Å². The molecule has 2 N–H and O–H groups in total. The molecule has 0 aliphatic carbocycles. The molecule has 118 valence electrons. The standard InChI is InChI=1S/C15H20Cl2N2O.ClH/c1-10(6-12-2-3-13(16)7-14(12)17)15(20)19-5-4-11(8-18)9-19;/h2-3,7,10-11H,4-6,8-9,18H2,1H3;1H. The zero-order valence-electron chi connectivity index (χ0n) is 12.0. The van der Waals surface area contributed by atoms with E-state index in [1.165, 1.54) is 0 Å². The van der Waals surface area contributed by atoms with Crippen molar-refractivity contribution in [3.8, 4) is 0 Å². The van der Waals surface area contributed by atoms with Gasteiger partial charge in [0, 0.05) is 29.1 Å². The van der Waals surface area contributed by atoms with Crippen molar-refractivity contribution in [2.45, 2.75) is 19.8 Å². The molecule has 2 rings (SSSR count). The van der Waals surface area contributed by atoms with Gasteiger partial charge in [-0.25, -0.2) is 0 Å². The molecule has 0 saturated carbocycles. The van der Waals surface area contributed by atoms with Crippen LogP contribution in [0.5, 0.6) is 0 Å². The molecule has 1 fully saturated rings. The van der Waals surface area contributed by atoms with Gasteiger partial charge in [-0.2, -0.15) is 0 Å². The van der Waals surface area contributed by atoms with Gasteiger partial charge >= 0.3 is 0 Å². The second kappa shape index (κ2) is 8.23. The highest BCUT2D eigenvalue weighted by Gasteiger charge is 2.28. The Labute approximate surface area is 142 Å². The molecule has 0 radical (unpaired) electrons. The molecule has 1 amide bonds. The van der Waals surface area contributed by atoms with Crippen LogP contribution in [-0.4, -0.2) is 30.4 Å². The van der Waals surface area contributed by atoms with Crippen LogP contribution < -0.4 is 5.73 Å². The van der Waals surface area contributed by atoms with Gasteiger partial charge in [-0.05, 0) is 43.0 Å². The van der Waals surface area contributed by atoms with Crippen molar-refractivity contribution in [2.75, 3.05) is 19.6 Å². The number of halogens is 3. The summed E-state index contributed by atoms with van der Waals surface area (Å²) in [7, 11) is 0. The topological polar surface area (TPSA) is 46.3 Å². The molecule has 2 atom stereocenters. The SMILES string of the molecule is CC(Cc1ccc(Cl)cc1Cl)C(=O)N1CCC(CN)C1.Cl. The molecule has 0 bridgehead atoms. The molecule has 0 aromatic heterocycles. The molecular weight excluding hydrogens is 331 g/mol. The van der Waals surface area contributed by atoms with E-state index in [4.69, 9.17) is 28.9 Å². The summed E-state index contributed by atoms with van der Waals surface area (Å²) in [6.45, 7) is 4.21. The Morgan fingerprint density at radius 2 is 2.19 bits per heavy atom. The van der Waals surface area contributed by atoms with Crippen LogP contribution in [0.1, 0.15) is 18.9 Å². The number of carbonyl (C=O) groups is 1. The number of nitrogens with zero attached hydrogens (tertiary/aromatic N) is 1. The zero-order valence-corrected chi connectivity index (χ0v) is 14.3. The van der Waals surface area contributed by atoms with Gasteiger partial charge in [-0.15, -0.1) is 12.4 Å². The molecular formula is C15H21Cl3N2O. The molecule has 6 heteroatoms. The van der Waals surface area contributed by atoms with Crippen molar-refractivity contribution in [3.05, 3.63) is 33.8 Å². The summed E-state index contributed by atoms with van der Waals surface area (Å²) in [5.41, 5.74) is 6.63. The molecule has 1 saturated heterocycles. The van der Waals surface area contributed by atoms with E-state index < -0.39 is 0 Å². The van der Waals surface area contributed by atoms with Gasteiger partial charge in [-0.3, -0.25) is 4.79 Å². The van der Waals surface area contributed by atoms with Crippen LogP contribution in [0.2, 0.25) is 10.0 Å². The van der Waals surface area contributed by atoms with Crippen LogP contribution in [0.25, 0.3) is 0 Å². The molecule has 3 nitrogen and oxygen atoms in total. The molecule has 1 aliphatic rings. The van der Waals surface area contributed by atoms with Crippen LogP contribution in [0, 0.1) is 11.8 Å². The summed E-state index contributed by atoms with van der Waals surface area (Å²) in [4.78, 5) is 14.3. The van der Waals surface area contributed by atoms with E-state index in [-0.39, 0.29) is 24.2 Å². The number of rotatable bonds is 4. The Morgan fingerprint density at radius 3 is 2.76 bits per heavy atom. The minimum atomic E-state index is -0.0785. The van der Waals surface area contributed by atoms with Crippen LogP contribution in [0.15, 0.2) is 18.2 Å². The quantitative estimate of drug-likeness (QED) is 0.903. The van der Waals surface area contributed by atoms with Crippen LogP contribution in [0.3, 0.4) is 0 Å². The molecule has 21 heavy (non-hydrogen) atoms. The first kappa shape index (κ1) is 18.6. The minimum Gasteiger partial charge on any atom is -0.342 e.